The van der Waals surface area contributed by atoms with Crippen molar-refractivity contribution >= 4 is 22.8 Å². The highest BCUT2D eigenvalue weighted by molar-refractivity contribution is 5.91. The van der Waals surface area contributed by atoms with E-state index in [0.29, 0.717) is 29.8 Å². The minimum atomic E-state index is -1.07. The van der Waals surface area contributed by atoms with E-state index in [1.54, 1.807) is 11.9 Å². The molecule has 0 bridgehead atoms. The van der Waals surface area contributed by atoms with E-state index in [1.165, 1.54) is 13.4 Å². The molecule has 1 saturated heterocycles. The van der Waals surface area contributed by atoms with Gasteiger partial charge in [-0.3, -0.25) is 4.79 Å². The summed E-state index contributed by atoms with van der Waals surface area (Å²) in [5, 5.41) is 0. The number of pyridine rings is 1. The van der Waals surface area contributed by atoms with Crippen LogP contribution in [0.2, 0.25) is 0 Å². The molecule has 7 heteroatoms. The summed E-state index contributed by atoms with van der Waals surface area (Å²) >= 11 is 0. The maximum absolute atomic E-state index is 12.4. The van der Waals surface area contributed by atoms with Gasteiger partial charge in [-0.15, -0.1) is 0 Å². The number of nitrogens with zero attached hydrogens (tertiary/aromatic N) is 4. The molecule has 1 unspecified atom stereocenters. The third-order valence-corrected chi connectivity index (χ3v) is 4.92. The second-order valence-electron chi connectivity index (χ2n) is 6.66. The van der Waals surface area contributed by atoms with Crippen LogP contribution in [0.4, 0.5) is 5.82 Å². The average molecular weight is 373 g/mol. The Kier molecular flexibility index (Phi) is 4.41. The quantitative estimate of drug-likeness (QED) is 0.689. The fourth-order valence-electron chi connectivity index (χ4n) is 3.25. The predicted molar refractivity (Wildman–Crippen MR) is 106 cm³/mol. The Morgan fingerprint density at radius 1 is 1.25 bits per heavy atom. The molecule has 4 rings (SSSR count). The fraction of sp³-hybridized carbons (Fsp3) is 0.238. The van der Waals surface area contributed by atoms with Gasteiger partial charge in [-0.25, -0.2) is 15.0 Å². The average Bonchev–Trinajstić information content (AvgIpc) is 3.01. The number of anilines is 1. The summed E-state index contributed by atoms with van der Waals surface area (Å²) in [5.74, 6) is 6.36. The van der Waals surface area contributed by atoms with E-state index in [4.69, 9.17) is 10.5 Å². The van der Waals surface area contributed by atoms with E-state index < -0.39 is 5.60 Å². The Hall–Kier alpha value is -3.50. The molecule has 0 spiro atoms. The van der Waals surface area contributed by atoms with Crippen LogP contribution in [0, 0.1) is 11.8 Å². The predicted octanol–water partition coefficient (Wildman–Crippen LogP) is 1.87. The summed E-state index contributed by atoms with van der Waals surface area (Å²) in [7, 11) is 3.28. The van der Waals surface area contributed by atoms with Crippen molar-refractivity contribution in [2.24, 2.45) is 0 Å². The minimum Gasteiger partial charge on any atom is -0.382 e. The van der Waals surface area contributed by atoms with Gasteiger partial charge in [0.05, 0.1) is 11.2 Å². The van der Waals surface area contributed by atoms with Crippen molar-refractivity contribution in [2.75, 3.05) is 26.4 Å². The van der Waals surface area contributed by atoms with Gasteiger partial charge in [0.15, 0.2) is 5.82 Å². The van der Waals surface area contributed by atoms with Crippen molar-refractivity contribution in [1.29, 1.82) is 0 Å². The third-order valence-electron chi connectivity index (χ3n) is 4.92. The zero-order valence-corrected chi connectivity index (χ0v) is 15.6. The topological polar surface area (TPSA) is 94.2 Å². The van der Waals surface area contributed by atoms with Crippen LogP contribution in [-0.2, 0) is 9.53 Å². The second kappa shape index (κ2) is 6.91. The molecule has 0 aliphatic carbocycles. The molecule has 1 aromatic carbocycles. The molecule has 3 heterocycles. The third kappa shape index (κ3) is 3.04. The summed E-state index contributed by atoms with van der Waals surface area (Å²) in [6, 6.07) is 11.4. The number of carbonyl (C=O) groups is 1. The Bertz CT molecular complexity index is 1130. The van der Waals surface area contributed by atoms with E-state index in [9.17, 15) is 4.79 Å². The van der Waals surface area contributed by atoms with Crippen LogP contribution in [0.15, 0.2) is 42.7 Å². The Morgan fingerprint density at radius 3 is 2.86 bits per heavy atom. The van der Waals surface area contributed by atoms with Gasteiger partial charge < -0.3 is 15.4 Å². The zero-order chi connectivity index (χ0) is 19.7. The molecule has 140 valence electrons. The molecule has 1 atom stereocenters. The molecule has 0 saturated carbocycles. The lowest BCUT2D eigenvalue weighted by molar-refractivity contribution is -0.139. The van der Waals surface area contributed by atoms with Crippen molar-refractivity contribution in [3.8, 4) is 23.1 Å². The first-order valence-electron chi connectivity index (χ1n) is 8.84. The number of hydrogen-bond acceptors (Lipinski definition) is 6. The lowest BCUT2D eigenvalue weighted by Gasteiger charge is -2.18. The van der Waals surface area contributed by atoms with E-state index >= 15 is 0 Å². The standard InChI is InChI=1S/C21H19N5O2/c1-26-11-10-21(28-2,20(26)27)9-8-14-4-3-5-15(12-14)16-6-7-17-18(25-16)19(22)24-13-23-17/h3-7,12-13H,10-11H2,1-2H3,(H2,22,23,24). The SMILES string of the molecule is COC1(C#Cc2cccc(-c3ccc4ncnc(N)c4n3)c2)CCN(C)C1=O. The number of nitrogen functional groups attached to an aromatic ring is 1. The van der Waals surface area contributed by atoms with Crippen LogP contribution in [-0.4, -0.2) is 52.1 Å². The van der Waals surface area contributed by atoms with Crippen molar-refractivity contribution in [2.45, 2.75) is 12.0 Å². The first kappa shape index (κ1) is 17.9. The number of likely N-dealkylation sites (tertiary alicyclic amines) is 1. The Balaban J connectivity index is 1.70. The van der Waals surface area contributed by atoms with Gasteiger partial charge in [0, 0.05) is 38.2 Å². The van der Waals surface area contributed by atoms with E-state index in [0.717, 1.165) is 16.8 Å². The highest BCUT2D eigenvalue weighted by atomic mass is 16.5. The highest BCUT2D eigenvalue weighted by Gasteiger charge is 2.44. The number of methoxy groups -OCH3 is 1. The minimum absolute atomic E-state index is 0.106. The van der Waals surface area contributed by atoms with Gasteiger partial charge in [-0.2, -0.15) is 0 Å². The van der Waals surface area contributed by atoms with Crippen LogP contribution in [0.5, 0.6) is 0 Å². The largest absolute Gasteiger partial charge is 0.382 e. The van der Waals surface area contributed by atoms with Crippen molar-refractivity contribution < 1.29 is 9.53 Å². The molecular formula is C21H19N5O2. The number of likely N-dealkylation sites (N-methyl/N-ethyl adjacent to an activating group) is 1. The normalized spacial score (nSPS) is 18.9. The molecule has 1 fully saturated rings. The number of amides is 1. The molecule has 1 aliphatic heterocycles. The monoisotopic (exact) mass is 373 g/mol. The van der Waals surface area contributed by atoms with Crippen LogP contribution < -0.4 is 5.73 Å². The van der Waals surface area contributed by atoms with Gasteiger partial charge in [-0.1, -0.05) is 24.0 Å². The van der Waals surface area contributed by atoms with E-state index in [-0.39, 0.29) is 5.91 Å². The number of rotatable bonds is 2. The number of nitrogens with two attached hydrogens (primary N) is 1. The van der Waals surface area contributed by atoms with Crippen molar-refractivity contribution in [1.82, 2.24) is 19.9 Å². The molecule has 2 N–H and O–H groups in total. The maximum atomic E-state index is 12.4. The lowest BCUT2D eigenvalue weighted by atomic mass is 10.0. The van der Waals surface area contributed by atoms with Gasteiger partial charge in [0.1, 0.15) is 11.8 Å². The van der Waals surface area contributed by atoms with E-state index in [1.807, 2.05) is 36.4 Å². The van der Waals surface area contributed by atoms with Gasteiger partial charge >= 0.3 is 0 Å². The first-order chi connectivity index (χ1) is 13.5. The van der Waals surface area contributed by atoms with Crippen molar-refractivity contribution in [3.63, 3.8) is 0 Å². The summed E-state index contributed by atoms with van der Waals surface area (Å²) < 4.78 is 5.47. The molecule has 0 radical (unpaired) electrons. The maximum Gasteiger partial charge on any atom is 0.267 e. The van der Waals surface area contributed by atoms with Gasteiger partial charge in [0.2, 0.25) is 5.60 Å². The molecule has 7 nitrogen and oxygen atoms in total. The number of hydrogen-bond donors (Lipinski definition) is 1. The smallest absolute Gasteiger partial charge is 0.267 e. The number of aromatic nitrogens is 3. The Labute approximate surface area is 162 Å². The molecule has 2 aromatic heterocycles. The van der Waals surface area contributed by atoms with E-state index in [2.05, 4.69) is 26.8 Å². The Morgan fingerprint density at radius 2 is 2.11 bits per heavy atom. The fourth-order valence-corrected chi connectivity index (χ4v) is 3.25. The molecule has 3 aromatic rings. The van der Waals surface area contributed by atoms with Crippen LogP contribution in [0.3, 0.4) is 0 Å². The number of carbonyl (C=O) groups excluding carboxylic acids is 1. The summed E-state index contributed by atoms with van der Waals surface area (Å²) in [6.45, 7) is 0.631. The number of fused-ring (bicyclic) bond motifs is 1. The molecule has 1 aliphatic rings. The van der Waals surface area contributed by atoms with Crippen LogP contribution in [0.1, 0.15) is 12.0 Å². The first-order valence-corrected chi connectivity index (χ1v) is 8.84. The van der Waals surface area contributed by atoms with Crippen LogP contribution in [0.25, 0.3) is 22.3 Å². The van der Waals surface area contributed by atoms with Gasteiger partial charge in [0.25, 0.3) is 5.91 Å². The zero-order valence-electron chi connectivity index (χ0n) is 15.6. The number of ether oxygens (including phenoxy) is 1. The number of benzene rings is 1. The highest BCUT2D eigenvalue weighted by Crippen LogP contribution is 2.26. The van der Waals surface area contributed by atoms with Crippen molar-refractivity contribution in [3.05, 3.63) is 48.3 Å². The summed E-state index contributed by atoms with van der Waals surface area (Å²) in [6.07, 6.45) is 1.97. The van der Waals surface area contributed by atoms with Crippen LogP contribution >= 0.6 is 0 Å². The molecule has 28 heavy (non-hydrogen) atoms. The molecular weight excluding hydrogens is 354 g/mol. The molecule has 1 amide bonds. The summed E-state index contributed by atoms with van der Waals surface area (Å²) in [5.41, 5.74) is 8.51. The lowest BCUT2D eigenvalue weighted by Crippen LogP contribution is -2.39. The van der Waals surface area contributed by atoms with Gasteiger partial charge in [-0.05, 0) is 24.3 Å². The summed E-state index contributed by atoms with van der Waals surface area (Å²) in [4.78, 5) is 26.8. The second-order valence-corrected chi connectivity index (χ2v) is 6.66.